The van der Waals surface area contributed by atoms with Crippen LogP contribution in [-0.2, 0) is 24.3 Å². The Kier molecular flexibility index (Phi) is 6.51. The average Bonchev–Trinajstić information content (AvgIpc) is 2.46. The van der Waals surface area contributed by atoms with Gasteiger partial charge in [0.1, 0.15) is 0 Å². The molecule has 7 nitrogen and oxygen atoms in total. The maximum absolute atomic E-state index is 12.3. The van der Waals surface area contributed by atoms with Gasteiger partial charge in [0.2, 0.25) is 10.0 Å². The molecule has 0 aliphatic rings. The highest BCUT2D eigenvalue weighted by Crippen LogP contribution is 2.18. The van der Waals surface area contributed by atoms with Gasteiger partial charge in [-0.15, -0.1) is 0 Å². The Balaban J connectivity index is 2.79. The number of carbonyl (C=O) groups excluding carboxylic acids is 2. The summed E-state index contributed by atoms with van der Waals surface area (Å²) in [5, 5.41) is 2.51. The van der Waals surface area contributed by atoms with Gasteiger partial charge in [-0.05, 0) is 24.3 Å². The number of sulfonamides is 1. The Bertz CT molecular complexity index is 621. The largest absolute Gasteiger partial charge is 0.456 e. The summed E-state index contributed by atoms with van der Waals surface area (Å²) in [7, 11) is -3.52. The van der Waals surface area contributed by atoms with E-state index in [0.29, 0.717) is 18.8 Å². The smallest absolute Gasteiger partial charge is 0.303 e. The molecule has 122 valence electrons. The zero-order valence-corrected chi connectivity index (χ0v) is 13.6. The monoisotopic (exact) mass is 328 g/mol. The minimum absolute atomic E-state index is 0.161. The third-order valence-corrected chi connectivity index (χ3v) is 4.95. The molecule has 8 heteroatoms. The lowest BCUT2D eigenvalue weighted by Crippen LogP contribution is -2.30. The van der Waals surface area contributed by atoms with E-state index in [2.05, 4.69) is 10.1 Å². The third kappa shape index (κ3) is 4.81. The fourth-order valence-electron chi connectivity index (χ4n) is 1.79. The van der Waals surface area contributed by atoms with E-state index in [9.17, 15) is 18.0 Å². The van der Waals surface area contributed by atoms with Crippen LogP contribution in [0.25, 0.3) is 0 Å². The molecular formula is C14H20N2O5S. The standard InChI is InChI=1S/C14H20N2O5S/c1-4-16(5-2)22(19,20)13-8-6-12(7-9-13)15-14(18)10-21-11(3)17/h6-9H,4-5,10H2,1-3H3,(H,15,18). The van der Waals surface area contributed by atoms with Crippen LogP contribution in [0.3, 0.4) is 0 Å². The van der Waals surface area contributed by atoms with E-state index in [1.165, 1.54) is 35.5 Å². The molecule has 0 atom stereocenters. The molecule has 0 saturated carbocycles. The van der Waals surface area contributed by atoms with Crippen molar-refractivity contribution in [1.29, 1.82) is 0 Å². The maximum Gasteiger partial charge on any atom is 0.303 e. The predicted molar refractivity (Wildman–Crippen MR) is 81.8 cm³/mol. The second-order valence-electron chi connectivity index (χ2n) is 4.44. The number of nitrogens with zero attached hydrogens (tertiary/aromatic N) is 1. The first kappa shape index (κ1) is 18.1. The summed E-state index contributed by atoms with van der Waals surface area (Å²) in [5.74, 6) is -1.04. The number of hydrogen-bond acceptors (Lipinski definition) is 5. The summed E-state index contributed by atoms with van der Waals surface area (Å²) >= 11 is 0. The van der Waals surface area contributed by atoms with Gasteiger partial charge in [-0.3, -0.25) is 9.59 Å². The quantitative estimate of drug-likeness (QED) is 0.760. The van der Waals surface area contributed by atoms with Crippen LogP contribution in [0.1, 0.15) is 20.8 Å². The highest BCUT2D eigenvalue weighted by atomic mass is 32.2. The van der Waals surface area contributed by atoms with Crippen molar-refractivity contribution in [2.75, 3.05) is 25.0 Å². The molecule has 0 bridgehead atoms. The van der Waals surface area contributed by atoms with E-state index in [-0.39, 0.29) is 11.5 Å². The molecule has 0 aliphatic carbocycles. The summed E-state index contributed by atoms with van der Waals surface area (Å²) in [6, 6.07) is 5.83. The van der Waals surface area contributed by atoms with Crippen LogP contribution < -0.4 is 5.32 Å². The number of esters is 1. The summed E-state index contributed by atoms with van der Waals surface area (Å²) in [6.07, 6.45) is 0. The van der Waals surface area contributed by atoms with Gasteiger partial charge in [-0.2, -0.15) is 4.31 Å². The molecule has 0 aliphatic heterocycles. The molecule has 22 heavy (non-hydrogen) atoms. The van der Waals surface area contributed by atoms with Crippen molar-refractivity contribution < 1.29 is 22.7 Å². The van der Waals surface area contributed by atoms with Gasteiger partial charge in [0.05, 0.1) is 4.90 Å². The summed E-state index contributed by atoms with van der Waals surface area (Å²) in [6.45, 7) is 5.14. The molecule has 0 heterocycles. The van der Waals surface area contributed by atoms with Crippen LogP contribution in [0.5, 0.6) is 0 Å². The van der Waals surface area contributed by atoms with Gasteiger partial charge in [-0.1, -0.05) is 13.8 Å². The SMILES string of the molecule is CCN(CC)S(=O)(=O)c1ccc(NC(=O)COC(C)=O)cc1. The Morgan fingerprint density at radius 2 is 1.68 bits per heavy atom. The Morgan fingerprint density at radius 3 is 2.14 bits per heavy atom. The first-order valence-electron chi connectivity index (χ1n) is 6.84. The van der Waals surface area contributed by atoms with E-state index in [1.54, 1.807) is 13.8 Å². The van der Waals surface area contributed by atoms with Crippen molar-refractivity contribution in [2.24, 2.45) is 0 Å². The predicted octanol–water partition coefficient (Wildman–Crippen LogP) is 1.22. The van der Waals surface area contributed by atoms with Crippen LogP contribution in [0.2, 0.25) is 0 Å². The fraction of sp³-hybridized carbons (Fsp3) is 0.429. The lowest BCUT2D eigenvalue weighted by Gasteiger charge is -2.18. The molecule has 1 rings (SSSR count). The van der Waals surface area contributed by atoms with E-state index in [4.69, 9.17) is 0 Å². The number of carbonyl (C=O) groups is 2. The number of amides is 1. The lowest BCUT2D eigenvalue weighted by molar-refractivity contribution is -0.144. The van der Waals surface area contributed by atoms with Crippen molar-refractivity contribution in [3.63, 3.8) is 0 Å². The van der Waals surface area contributed by atoms with Crippen LogP contribution in [0, 0.1) is 0 Å². The van der Waals surface area contributed by atoms with E-state index >= 15 is 0 Å². The number of rotatable bonds is 7. The van der Waals surface area contributed by atoms with Gasteiger partial charge < -0.3 is 10.1 Å². The summed E-state index contributed by atoms with van der Waals surface area (Å²) in [4.78, 5) is 22.2. The van der Waals surface area contributed by atoms with Gasteiger partial charge in [0, 0.05) is 25.7 Å². The highest BCUT2D eigenvalue weighted by molar-refractivity contribution is 7.89. The van der Waals surface area contributed by atoms with Crippen LogP contribution >= 0.6 is 0 Å². The molecule has 0 aromatic heterocycles. The number of nitrogens with one attached hydrogen (secondary N) is 1. The third-order valence-electron chi connectivity index (χ3n) is 2.89. The van der Waals surface area contributed by atoms with Crippen molar-refractivity contribution >= 4 is 27.6 Å². The minimum atomic E-state index is -3.52. The molecule has 1 aromatic carbocycles. The normalized spacial score (nSPS) is 11.3. The second kappa shape index (κ2) is 7.90. The zero-order chi connectivity index (χ0) is 16.8. The first-order valence-corrected chi connectivity index (χ1v) is 8.28. The molecule has 0 fully saturated rings. The molecule has 1 N–H and O–H groups in total. The van der Waals surface area contributed by atoms with Crippen LogP contribution in [0.4, 0.5) is 5.69 Å². The van der Waals surface area contributed by atoms with E-state index in [1.807, 2.05) is 0 Å². The van der Waals surface area contributed by atoms with Crippen molar-refractivity contribution in [1.82, 2.24) is 4.31 Å². The second-order valence-corrected chi connectivity index (χ2v) is 6.38. The lowest BCUT2D eigenvalue weighted by atomic mass is 10.3. The van der Waals surface area contributed by atoms with E-state index in [0.717, 1.165) is 0 Å². The van der Waals surface area contributed by atoms with Gasteiger partial charge in [0.15, 0.2) is 6.61 Å². The number of hydrogen-bond donors (Lipinski definition) is 1. The van der Waals surface area contributed by atoms with Crippen LogP contribution in [-0.4, -0.2) is 44.3 Å². The average molecular weight is 328 g/mol. The number of ether oxygens (including phenoxy) is 1. The highest BCUT2D eigenvalue weighted by Gasteiger charge is 2.21. The van der Waals surface area contributed by atoms with Gasteiger partial charge in [-0.25, -0.2) is 8.42 Å². The van der Waals surface area contributed by atoms with Gasteiger partial charge >= 0.3 is 5.97 Å². The van der Waals surface area contributed by atoms with Crippen LogP contribution in [0.15, 0.2) is 29.2 Å². The molecule has 1 amide bonds. The Hall–Kier alpha value is -1.93. The Morgan fingerprint density at radius 1 is 1.14 bits per heavy atom. The summed E-state index contributed by atoms with van der Waals surface area (Å²) in [5.41, 5.74) is 0.427. The summed E-state index contributed by atoms with van der Waals surface area (Å²) < 4.78 is 30.5. The maximum atomic E-state index is 12.3. The van der Waals surface area contributed by atoms with Crippen molar-refractivity contribution in [3.05, 3.63) is 24.3 Å². The fourth-order valence-corrected chi connectivity index (χ4v) is 3.25. The molecule has 0 radical (unpaired) electrons. The zero-order valence-electron chi connectivity index (χ0n) is 12.8. The van der Waals surface area contributed by atoms with E-state index < -0.39 is 21.9 Å². The van der Waals surface area contributed by atoms with Gasteiger partial charge in [0.25, 0.3) is 5.91 Å². The number of anilines is 1. The van der Waals surface area contributed by atoms with Crippen molar-refractivity contribution in [2.45, 2.75) is 25.7 Å². The first-order chi connectivity index (χ1) is 10.3. The molecular weight excluding hydrogens is 308 g/mol. The minimum Gasteiger partial charge on any atom is -0.456 e. The number of benzene rings is 1. The Labute approximate surface area is 130 Å². The molecule has 1 aromatic rings. The topological polar surface area (TPSA) is 92.8 Å². The van der Waals surface area contributed by atoms with Crippen molar-refractivity contribution in [3.8, 4) is 0 Å². The molecule has 0 saturated heterocycles. The molecule has 0 unspecified atom stereocenters. The molecule has 0 spiro atoms.